The first-order valence-corrected chi connectivity index (χ1v) is 8.23. The van der Waals surface area contributed by atoms with Crippen LogP contribution >= 0.6 is 0 Å². The van der Waals surface area contributed by atoms with Gasteiger partial charge in [0.25, 0.3) is 0 Å². The molecule has 0 N–H and O–H groups in total. The average Bonchev–Trinajstić information content (AvgIpc) is 2.48. The van der Waals surface area contributed by atoms with Crippen LogP contribution in [0.5, 0.6) is 11.5 Å². The minimum Gasteiger partial charge on any atom is -0.493 e. The quantitative estimate of drug-likeness (QED) is 0.848. The van der Waals surface area contributed by atoms with Gasteiger partial charge in [-0.25, -0.2) is 12.8 Å². The molecule has 0 saturated carbocycles. The van der Waals surface area contributed by atoms with Crippen LogP contribution in [0.4, 0.5) is 4.39 Å². The van der Waals surface area contributed by atoms with E-state index in [1.165, 1.54) is 38.5 Å². The maximum atomic E-state index is 13.7. The smallest absolute Gasteiger partial charge is 0.183 e. The molecule has 0 spiro atoms. The van der Waals surface area contributed by atoms with Gasteiger partial charge >= 0.3 is 0 Å². The summed E-state index contributed by atoms with van der Waals surface area (Å²) in [4.78, 5) is 0.105. The van der Waals surface area contributed by atoms with Crippen LogP contribution in [0.2, 0.25) is 0 Å². The molecule has 2 aromatic rings. The van der Waals surface area contributed by atoms with Crippen LogP contribution in [0.1, 0.15) is 11.1 Å². The molecule has 0 aliphatic heterocycles. The SMILES string of the molecule is COc1cc(C)c(S(=O)(=O)Cc2ccccc2F)cc1OC. The highest BCUT2D eigenvalue weighted by atomic mass is 32.2. The molecule has 0 atom stereocenters. The van der Waals surface area contributed by atoms with Gasteiger partial charge in [0, 0.05) is 11.6 Å². The molecule has 118 valence electrons. The lowest BCUT2D eigenvalue weighted by Gasteiger charge is -2.13. The van der Waals surface area contributed by atoms with Gasteiger partial charge in [0.2, 0.25) is 0 Å². The minimum atomic E-state index is -3.70. The Bertz CT molecular complexity index is 785. The summed E-state index contributed by atoms with van der Waals surface area (Å²) in [7, 11) is -0.792. The van der Waals surface area contributed by atoms with E-state index in [2.05, 4.69) is 0 Å². The molecule has 0 bridgehead atoms. The Morgan fingerprint density at radius 2 is 1.64 bits per heavy atom. The highest BCUT2D eigenvalue weighted by Gasteiger charge is 2.22. The molecular weight excluding hydrogens is 307 g/mol. The Morgan fingerprint density at radius 1 is 1.05 bits per heavy atom. The summed E-state index contributed by atoms with van der Waals surface area (Å²) in [6.07, 6.45) is 0. The van der Waals surface area contributed by atoms with Crippen molar-refractivity contribution in [1.82, 2.24) is 0 Å². The zero-order valence-corrected chi connectivity index (χ0v) is 13.4. The largest absolute Gasteiger partial charge is 0.493 e. The summed E-state index contributed by atoms with van der Waals surface area (Å²) in [6.45, 7) is 1.66. The van der Waals surface area contributed by atoms with Crippen molar-refractivity contribution >= 4 is 9.84 Å². The van der Waals surface area contributed by atoms with Crippen molar-refractivity contribution in [2.45, 2.75) is 17.6 Å². The predicted octanol–water partition coefficient (Wildman–Crippen LogP) is 3.13. The molecule has 0 aromatic heterocycles. The van der Waals surface area contributed by atoms with Gasteiger partial charge in [0.1, 0.15) is 5.82 Å². The Morgan fingerprint density at radius 3 is 2.23 bits per heavy atom. The lowest BCUT2D eigenvalue weighted by molar-refractivity contribution is 0.353. The van der Waals surface area contributed by atoms with E-state index in [4.69, 9.17) is 9.47 Å². The predicted molar refractivity (Wildman–Crippen MR) is 81.6 cm³/mol. The zero-order valence-electron chi connectivity index (χ0n) is 12.6. The lowest BCUT2D eigenvalue weighted by atomic mass is 10.2. The number of aryl methyl sites for hydroxylation is 1. The summed E-state index contributed by atoms with van der Waals surface area (Å²) in [5.41, 5.74) is 0.658. The summed E-state index contributed by atoms with van der Waals surface area (Å²) in [5, 5.41) is 0. The van der Waals surface area contributed by atoms with Crippen LogP contribution in [-0.4, -0.2) is 22.6 Å². The second-order valence-electron chi connectivity index (χ2n) is 4.82. The molecule has 0 aliphatic carbocycles. The number of hydrogen-bond donors (Lipinski definition) is 0. The van der Waals surface area contributed by atoms with E-state index in [9.17, 15) is 12.8 Å². The number of halogens is 1. The Balaban J connectivity index is 2.48. The van der Waals surface area contributed by atoms with Crippen molar-refractivity contribution in [3.8, 4) is 11.5 Å². The molecule has 22 heavy (non-hydrogen) atoms. The third-order valence-corrected chi connectivity index (χ3v) is 5.12. The number of sulfone groups is 1. The van der Waals surface area contributed by atoms with E-state index in [-0.39, 0.29) is 10.5 Å². The van der Waals surface area contributed by atoms with Crippen LogP contribution < -0.4 is 9.47 Å². The van der Waals surface area contributed by atoms with E-state index in [1.807, 2.05) is 0 Å². The van der Waals surface area contributed by atoms with Crippen molar-refractivity contribution < 1.29 is 22.3 Å². The molecule has 0 aliphatic rings. The Kier molecular flexibility index (Phi) is 4.71. The van der Waals surface area contributed by atoms with Gasteiger partial charge in [0.15, 0.2) is 21.3 Å². The average molecular weight is 324 g/mol. The van der Waals surface area contributed by atoms with E-state index >= 15 is 0 Å². The van der Waals surface area contributed by atoms with Gasteiger partial charge < -0.3 is 9.47 Å². The van der Waals surface area contributed by atoms with E-state index in [0.29, 0.717) is 17.1 Å². The maximum Gasteiger partial charge on any atom is 0.183 e. The molecule has 0 amide bonds. The molecule has 0 unspecified atom stereocenters. The maximum absolute atomic E-state index is 13.7. The minimum absolute atomic E-state index is 0.105. The summed E-state index contributed by atoms with van der Waals surface area (Å²) in [5.74, 6) is -0.176. The molecule has 2 rings (SSSR count). The Labute approximate surface area is 129 Å². The monoisotopic (exact) mass is 324 g/mol. The van der Waals surface area contributed by atoms with Crippen LogP contribution in [0.15, 0.2) is 41.3 Å². The second kappa shape index (κ2) is 6.36. The topological polar surface area (TPSA) is 52.6 Å². The first-order valence-electron chi connectivity index (χ1n) is 6.58. The third kappa shape index (κ3) is 3.22. The van der Waals surface area contributed by atoms with Gasteiger partial charge in [0.05, 0.1) is 24.9 Å². The standard InChI is InChI=1S/C16H17FO4S/c1-11-8-14(20-2)15(21-3)9-16(11)22(18,19)10-12-6-4-5-7-13(12)17/h4-9H,10H2,1-3H3. The van der Waals surface area contributed by atoms with Crippen molar-refractivity contribution in [2.75, 3.05) is 14.2 Å². The number of hydrogen-bond acceptors (Lipinski definition) is 4. The Hall–Kier alpha value is -2.08. The summed E-state index contributed by atoms with van der Waals surface area (Å²) in [6, 6.07) is 8.83. The lowest BCUT2D eigenvalue weighted by Crippen LogP contribution is -2.09. The molecule has 4 nitrogen and oxygen atoms in total. The molecule has 0 fully saturated rings. The number of ether oxygens (including phenoxy) is 2. The second-order valence-corrected chi connectivity index (χ2v) is 6.78. The molecular formula is C16H17FO4S. The van der Waals surface area contributed by atoms with Crippen LogP contribution in [0, 0.1) is 12.7 Å². The van der Waals surface area contributed by atoms with Gasteiger partial charge in [-0.2, -0.15) is 0 Å². The fraction of sp³-hybridized carbons (Fsp3) is 0.250. The van der Waals surface area contributed by atoms with Gasteiger partial charge in [-0.05, 0) is 24.6 Å². The van der Waals surface area contributed by atoms with Crippen molar-refractivity contribution in [1.29, 1.82) is 0 Å². The van der Waals surface area contributed by atoms with Crippen molar-refractivity contribution in [3.05, 3.63) is 53.3 Å². The van der Waals surface area contributed by atoms with E-state index < -0.39 is 21.4 Å². The fourth-order valence-electron chi connectivity index (χ4n) is 2.19. The molecule has 0 heterocycles. The van der Waals surface area contributed by atoms with E-state index in [1.54, 1.807) is 19.1 Å². The van der Waals surface area contributed by atoms with Gasteiger partial charge in [-0.3, -0.25) is 0 Å². The molecule has 0 radical (unpaired) electrons. The number of methoxy groups -OCH3 is 2. The van der Waals surface area contributed by atoms with Crippen molar-refractivity contribution in [3.63, 3.8) is 0 Å². The molecule has 6 heteroatoms. The van der Waals surface area contributed by atoms with Crippen LogP contribution in [0.25, 0.3) is 0 Å². The third-order valence-electron chi connectivity index (χ3n) is 3.32. The highest BCUT2D eigenvalue weighted by molar-refractivity contribution is 7.90. The first kappa shape index (κ1) is 16.3. The molecule has 2 aromatic carbocycles. The normalized spacial score (nSPS) is 11.3. The number of rotatable bonds is 5. The highest BCUT2D eigenvalue weighted by Crippen LogP contribution is 2.33. The van der Waals surface area contributed by atoms with E-state index in [0.717, 1.165) is 0 Å². The first-order chi connectivity index (χ1) is 10.4. The van der Waals surface area contributed by atoms with Gasteiger partial charge in [-0.1, -0.05) is 18.2 Å². The summed E-state index contributed by atoms with van der Waals surface area (Å²) >= 11 is 0. The number of benzene rings is 2. The van der Waals surface area contributed by atoms with Gasteiger partial charge in [-0.15, -0.1) is 0 Å². The fourth-order valence-corrected chi connectivity index (χ4v) is 3.83. The molecule has 0 saturated heterocycles. The van der Waals surface area contributed by atoms with Crippen LogP contribution in [-0.2, 0) is 15.6 Å². The zero-order chi connectivity index (χ0) is 16.3. The van der Waals surface area contributed by atoms with Crippen molar-refractivity contribution in [2.24, 2.45) is 0 Å². The summed E-state index contributed by atoms with van der Waals surface area (Å²) < 4.78 is 49.1. The van der Waals surface area contributed by atoms with Crippen LogP contribution in [0.3, 0.4) is 0 Å².